The number of hydrogen-bond donors (Lipinski definition) is 0. The largest absolute Gasteiger partial charge is 0.457 e. The van der Waals surface area contributed by atoms with Crippen molar-refractivity contribution in [2.45, 2.75) is 150 Å². The minimum atomic E-state index is -0.313. The number of aromatic nitrogens is 2. The summed E-state index contributed by atoms with van der Waals surface area (Å²) in [6, 6.07) is 42.8. The van der Waals surface area contributed by atoms with E-state index in [0.717, 1.165) is 34.0 Å². The summed E-state index contributed by atoms with van der Waals surface area (Å²) in [5.41, 5.74) is 13.0. The normalized spacial score (nSPS) is 14.4. The zero-order valence-corrected chi connectivity index (χ0v) is 43.0. The first-order valence-corrected chi connectivity index (χ1v) is 24.0. The fraction of sp³-hybridized carbons (Fsp3) is 0.393. The molecule has 0 amide bonds. The average Bonchev–Trinajstić information content (AvgIpc) is 3.83. The van der Waals surface area contributed by atoms with Crippen molar-refractivity contribution >= 4 is 33.2 Å². The van der Waals surface area contributed by atoms with Crippen molar-refractivity contribution in [2.24, 2.45) is 0 Å². The summed E-state index contributed by atoms with van der Waals surface area (Å²) in [5, 5.41) is 2.39. The maximum absolute atomic E-state index is 7.10. The van der Waals surface area contributed by atoms with E-state index in [-0.39, 0.29) is 32.5 Å². The van der Waals surface area contributed by atoms with Crippen molar-refractivity contribution in [1.29, 1.82) is 0 Å². The van der Waals surface area contributed by atoms with Crippen LogP contribution in [0.2, 0.25) is 0 Å². The third kappa shape index (κ3) is 9.15. The lowest BCUT2D eigenvalue weighted by molar-refractivity contribution is 0.479. The first-order valence-electron chi connectivity index (χ1n) is 24.0. The van der Waals surface area contributed by atoms with Crippen molar-refractivity contribution in [2.75, 3.05) is 16.5 Å². The Morgan fingerprint density at radius 2 is 1.02 bits per heavy atom. The molecule has 1 aliphatic heterocycles. The minimum absolute atomic E-state index is 0.00171. The molecular formula is C61H74N4O. The van der Waals surface area contributed by atoms with Crippen LogP contribution in [0.5, 0.6) is 11.5 Å². The Morgan fingerprint density at radius 1 is 0.439 bits per heavy atom. The number of fused-ring (bicyclic) bond motifs is 3. The maximum atomic E-state index is 7.10. The van der Waals surface area contributed by atoms with Gasteiger partial charge in [0.05, 0.1) is 17.7 Å². The Bertz CT molecular complexity index is 2930. The summed E-state index contributed by atoms with van der Waals surface area (Å²) in [7, 11) is 0. The number of rotatable bonds is 7. The molecular weight excluding hydrogens is 805 g/mol. The van der Waals surface area contributed by atoms with Gasteiger partial charge in [-0.1, -0.05) is 160 Å². The Kier molecular flexibility index (Phi) is 11.5. The molecule has 0 spiro atoms. The van der Waals surface area contributed by atoms with E-state index in [2.05, 4.69) is 254 Å². The standard InChI is InChI=1S/C61H74N4O/c1-56(2,3)41-23-26-52-51(34-41)50-25-24-48(37-53(50)65(52)55-35-42(27-28-62-55)57(4,5)6)66-49-33-45(60(13,14)15)32-47(36-49)64-39-63(38-54(64)61(16,17)40-21-19-18-20-22-40)46-30-43(58(7,8)9)29-44(31-46)59(10,11)12/h18-38H,39H2,1-17H3. The second-order valence-electron chi connectivity index (χ2n) is 24.5. The summed E-state index contributed by atoms with van der Waals surface area (Å²) in [4.78, 5) is 9.96. The highest BCUT2D eigenvalue weighted by Gasteiger charge is 2.37. The second kappa shape index (κ2) is 16.2. The number of anilines is 2. The van der Waals surface area contributed by atoms with Gasteiger partial charge in [0, 0.05) is 57.8 Å². The highest BCUT2D eigenvalue weighted by molar-refractivity contribution is 6.09. The van der Waals surface area contributed by atoms with E-state index in [1.807, 2.05) is 6.20 Å². The maximum Gasteiger partial charge on any atom is 0.137 e. The highest BCUT2D eigenvalue weighted by atomic mass is 16.5. The van der Waals surface area contributed by atoms with Gasteiger partial charge in [0.2, 0.25) is 0 Å². The SMILES string of the molecule is CC(C)(C)c1cc(Oc2ccc3c4cc(C(C)(C)C)ccc4n(-c4cc(C(C)(C)C)ccn4)c3c2)cc(N2CN(c3cc(C(C)(C)C)cc(C(C)(C)C)c3)C=C2C(C)(C)c2ccccc2)c1. The molecule has 2 aromatic heterocycles. The topological polar surface area (TPSA) is 33.5 Å². The van der Waals surface area contributed by atoms with Gasteiger partial charge in [0.15, 0.2) is 0 Å². The molecule has 5 nitrogen and oxygen atoms in total. The summed E-state index contributed by atoms with van der Waals surface area (Å²) >= 11 is 0. The Labute approximate surface area is 396 Å². The fourth-order valence-corrected chi connectivity index (χ4v) is 9.16. The van der Waals surface area contributed by atoms with Gasteiger partial charge in [-0.3, -0.25) is 4.57 Å². The summed E-state index contributed by atoms with van der Waals surface area (Å²) < 4.78 is 9.41. The monoisotopic (exact) mass is 879 g/mol. The fourth-order valence-electron chi connectivity index (χ4n) is 9.16. The van der Waals surface area contributed by atoms with Gasteiger partial charge in [-0.25, -0.2) is 4.98 Å². The number of allylic oxidation sites excluding steroid dienone is 1. The van der Waals surface area contributed by atoms with Crippen LogP contribution in [0.3, 0.4) is 0 Å². The van der Waals surface area contributed by atoms with Crippen molar-refractivity contribution in [3.63, 3.8) is 0 Å². The predicted octanol–water partition coefficient (Wildman–Crippen LogP) is 16.6. The molecule has 0 saturated carbocycles. The Hall–Kier alpha value is -5.81. The molecule has 7 aromatic rings. The quantitative estimate of drug-likeness (QED) is 0.160. The molecule has 0 aliphatic carbocycles. The first kappa shape index (κ1) is 46.7. The molecule has 5 aromatic carbocycles. The van der Waals surface area contributed by atoms with Gasteiger partial charge < -0.3 is 14.5 Å². The number of pyridine rings is 1. The number of benzene rings is 5. The van der Waals surface area contributed by atoms with E-state index in [1.54, 1.807) is 0 Å². The number of nitrogens with zero attached hydrogens (tertiary/aromatic N) is 4. The van der Waals surface area contributed by atoms with E-state index >= 15 is 0 Å². The van der Waals surface area contributed by atoms with E-state index in [0.29, 0.717) is 6.67 Å². The lowest BCUT2D eigenvalue weighted by atomic mass is 9.80. The van der Waals surface area contributed by atoms with E-state index in [4.69, 9.17) is 9.72 Å². The molecule has 1 aliphatic rings. The molecule has 0 unspecified atom stereocenters. The zero-order chi connectivity index (χ0) is 47.9. The van der Waals surface area contributed by atoms with Crippen molar-refractivity contribution in [3.05, 3.63) is 167 Å². The van der Waals surface area contributed by atoms with E-state index in [1.165, 1.54) is 55.5 Å². The zero-order valence-electron chi connectivity index (χ0n) is 43.0. The Morgan fingerprint density at radius 3 is 1.62 bits per heavy atom. The summed E-state index contributed by atoms with van der Waals surface area (Å²) in [5.74, 6) is 2.49. The Balaban J connectivity index is 1.27. The van der Waals surface area contributed by atoms with Crippen LogP contribution >= 0.6 is 0 Å². The molecule has 344 valence electrons. The number of ether oxygens (including phenoxy) is 1. The average molecular weight is 879 g/mol. The van der Waals surface area contributed by atoms with Crippen molar-refractivity contribution < 1.29 is 4.74 Å². The third-order valence-corrected chi connectivity index (χ3v) is 13.7. The van der Waals surface area contributed by atoms with Crippen LogP contribution in [0.1, 0.15) is 151 Å². The molecule has 0 fully saturated rings. The smallest absolute Gasteiger partial charge is 0.137 e. The van der Waals surface area contributed by atoms with Gasteiger partial charge in [0.1, 0.15) is 17.3 Å². The van der Waals surface area contributed by atoms with Crippen LogP contribution in [0, 0.1) is 0 Å². The molecule has 3 heterocycles. The van der Waals surface area contributed by atoms with Gasteiger partial charge in [-0.2, -0.15) is 0 Å². The van der Waals surface area contributed by atoms with E-state index < -0.39 is 0 Å². The molecule has 0 radical (unpaired) electrons. The van der Waals surface area contributed by atoms with Crippen LogP contribution in [0.4, 0.5) is 11.4 Å². The predicted molar refractivity (Wildman–Crippen MR) is 282 cm³/mol. The molecule has 0 saturated heterocycles. The van der Waals surface area contributed by atoms with Crippen LogP contribution in [-0.2, 0) is 32.5 Å². The van der Waals surface area contributed by atoms with Crippen LogP contribution in [-0.4, -0.2) is 16.2 Å². The molecule has 0 N–H and O–H groups in total. The minimum Gasteiger partial charge on any atom is -0.457 e. The molecule has 8 rings (SSSR count). The van der Waals surface area contributed by atoms with E-state index in [9.17, 15) is 0 Å². The summed E-state index contributed by atoms with van der Waals surface area (Å²) in [6.07, 6.45) is 4.34. The van der Waals surface area contributed by atoms with Crippen molar-refractivity contribution in [3.8, 4) is 17.3 Å². The highest BCUT2D eigenvalue weighted by Crippen LogP contribution is 2.45. The first-order chi connectivity index (χ1) is 30.6. The van der Waals surface area contributed by atoms with Crippen LogP contribution in [0.25, 0.3) is 27.6 Å². The molecule has 0 atom stereocenters. The molecule has 0 bridgehead atoms. The molecule has 66 heavy (non-hydrogen) atoms. The van der Waals surface area contributed by atoms with Gasteiger partial charge in [-0.05, 0) is 121 Å². The van der Waals surface area contributed by atoms with Crippen LogP contribution < -0.4 is 14.5 Å². The van der Waals surface area contributed by atoms with Crippen LogP contribution in [0.15, 0.2) is 133 Å². The summed E-state index contributed by atoms with van der Waals surface area (Å²) in [6.45, 7) is 39.7. The van der Waals surface area contributed by atoms with Gasteiger partial charge in [-0.15, -0.1) is 0 Å². The number of hydrogen-bond acceptors (Lipinski definition) is 4. The van der Waals surface area contributed by atoms with Gasteiger partial charge >= 0.3 is 0 Å². The second-order valence-corrected chi connectivity index (χ2v) is 24.5. The van der Waals surface area contributed by atoms with Gasteiger partial charge in [0.25, 0.3) is 0 Å². The molecule has 5 heteroatoms. The lowest BCUT2D eigenvalue weighted by Gasteiger charge is -2.35. The lowest BCUT2D eigenvalue weighted by Crippen LogP contribution is -2.34. The van der Waals surface area contributed by atoms with Crippen molar-refractivity contribution in [1.82, 2.24) is 9.55 Å². The third-order valence-electron chi connectivity index (χ3n) is 13.7.